The first-order valence-electron chi connectivity index (χ1n) is 5.80. The Labute approximate surface area is 106 Å². The molecular formula is C13H17FN2S. The van der Waals surface area contributed by atoms with Crippen LogP contribution in [0.3, 0.4) is 0 Å². The van der Waals surface area contributed by atoms with Gasteiger partial charge in [0.05, 0.1) is 6.54 Å². The summed E-state index contributed by atoms with van der Waals surface area (Å²) in [6.07, 6.45) is 0. The van der Waals surface area contributed by atoms with Gasteiger partial charge in [0.2, 0.25) is 0 Å². The standard InChI is InChI=1S/C13H17FN2S/c1-8(2)12-7-15-13(17-12)16-11-5-4-10(14)6-9(11)3/h4-6,8,12H,7H2,1-3H3,(H,15,16). The second-order valence-corrected chi connectivity index (χ2v) is 5.86. The predicted molar refractivity (Wildman–Crippen MR) is 73.3 cm³/mol. The highest BCUT2D eigenvalue weighted by Crippen LogP contribution is 2.28. The molecule has 0 bridgehead atoms. The van der Waals surface area contributed by atoms with Crippen molar-refractivity contribution in [2.75, 3.05) is 11.9 Å². The van der Waals surface area contributed by atoms with Gasteiger partial charge in [-0.1, -0.05) is 25.6 Å². The van der Waals surface area contributed by atoms with Gasteiger partial charge >= 0.3 is 0 Å². The highest BCUT2D eigenvalue weighted by atomic mass is 32.2. The minimum absolute atomic E-state index is 0.200. The van der Waals surface area contributed by atoms with E-state index >= 15 is 0 Å². The van der Waals surface area contributed by atoms with Crippen LogP contribution in [0.1, 0.15) is 19.4 Å². The zero-order valence-corrected chi connectivity index (χ0v) is 11.1. The lowest BCUT2D eigenvalue weighted by atomic mass is 10.1. The Morgan fingerprint density at radius 2 is 2.24 bits per heavy atom. The average Bonchev–Trinajstić information content (AvgIpc) is 2.71. The maximum absolute atomic E-state index is 13.0. The highest BCUT2D eigenvalue weighted by Gasteiger charge is 2.22. The molecule has 1 N–H and O–H groups in total. The van der Waals surface area contributed by atoms with Crippen molar-refractivity contribution >= 4 is 22.6 Å². The molecule has 17 heavy (non-hydrogen) atoms. The molecule has 1 aliphatic heterocycles. The minimum Gasteiger partial charge on any atom is -0.335 e. The SMILES string of the molecule is Cc1cc(F)ccc1NC1=NCC(C(C)C)S1. The van der Waals surface area contributed by atoms with Gasteiger partial charge in [0.1, 0.15) is 5.82 Å². The number of rotatable bonds is 2. The Bertz CT molecular complexity index is 443. The molecule has 0 spiro atoms. The largest absolute Gasteiger partial charge is 0.335 e. The molecule has 1 unspecified atom stereocenters. The zero-order valence-electron chi connectivity index (χ0n) is 10.3. The fourth-order valence-corrected chi connectivity index (χ4v) is 2.72. The number of nitrogens with one attached hydrogen (secondary N) is 1. The number of aryl methyl sites for hydroxylation is 1. The first-order valence-corrected chi connectivity index (χ1v) is 6.68. The van der Waals surface area contributed by atoms with Crippen LogP contribution in [0.2, 0.25) is 0 Å². The van der Waals surface area contributed by atoms with Crippen LogP contribution in [0.5, 0.6) is 0 Å². The third-order valence-electron chi connectivity index (χ3n) is 2.85. The molecule has 2 nitrogen and oxygen atoms in total. The molecule has 0 saturated heterocycles. The Hall–Kier alpha value is -1.03. The smallest absolute Gasteiger partial charge is 0.161 e. The van der Waals surface area contributed by atoms with E-state index in [9.17, 15) is 4.39 Å². The number of aliphatic imine (C=N–C) groups is 1. The summed E-state index contributed by atoms with van der Waals surface area (Å²) in [5.74, 6) is 0.423. The summed E-state index contributed by atoms with van der Waals surface area (Å²) >= 11 is 1.77. The summed E-state index contributed by atoms with van der Waals surface area (Å²) in [6.45, 7) is 7.18. The van der Waals surface area contributed by atoms with Gasteiger partial charge in [0, 0.05) is 10.9 Å². The van der Waals surface area contributed by atoms with Gasteiger partial charge in [-0.05, 0) is 36.6 Å². The average molecular weight is 252 g/mol. The molecular weight excluding hydrogens is 235 g/mol. The molecule has 0 aliphatic carbocycles. The summed E-state index contributed by atoms with van der Waals surface area (Å²) < 4.78 is 13.0. The summed E-state index contributed by atoms with van der Waals surface area (Å²) in [7, 11) is 0. The lowest BCUT2D eigenvalue weighted by molar-refractivity contribution is 0.621. The van der Waals surface area contributed by atoms with Crippen LogP contribution in [0.4, 0.5) is 10.1 Å². The van der Waals surface area contributed by atoms with Crippen LogP contribution in [0.15, 0.2) is 23.2 Å². The van der Waals surface area contributed by atoms with E-state index in [1.165, 1.54) is 12.1 Å². The van der Waals surface area contributed by atoms with Gasteiger partial charge in [-0.2, -0.15) is 0 Å². The number of hydrogen-bond acceptors (Lipinski definition) is 3. The van der Waals surface area contributed by atoms with E-state index in [0.29, 0.717) is 11.2 Å². The summed E-state index contributed by atoms with van der Waals surface area (Å²) in [5, 5.41) is 4.76. The van der Waals surface area contributed by atoms with Crippen LogP contribution >= 0.6 is 11.8 Å². The van der Waals surface area contributed by atoms with E-state index in [4.69, 9.17) is 0 Å². The van der Waals surface area contributed by atoms with E-state index in [1.807, 2.05) is 6.92 Å². The number of thioether (sulfide) groups is 1. The highest BCUT2D eigenvalue weighted by molar-refractivity contribution is 8.15. The first kappa shape index (κ1) is 12.4. The molecule has 92 valence electrons. The maximum atomic E-state index is 13.0. The quantitative estimate of drug-likeness (QED) is 0.868. The summed E-state index contributed by atoms with van der Waals surface area (Å²) in [6, 6.07) is 4.76. The maximum Gasteiger partial charge on any atom is 0.161 e. The second-order valence-electron chi connectivity index (χ2n) is 4.63. The van der Waals surface area contributed by atoms with Gasteiger partial charge < -0.3 is 5.32 Å². The van der Waals surface area contributed by atoms with Crippen molar-refractivity contribution in [3.8, 4) is 0 Å². The number of nitrogens with zero attached hydrogens (tertiary/aromatic N) is 1. The number of amidine groups is 1. The molecule has 1 aromatic rings. The molecule has 1 aromatic carbocycles. The van der Waals surface area contributed by atoms with Crippen molar-refractivity contribution in [2.45, 2.75) is 26.0 Å². The van der Waals surface area contributed by atoms with Crippen molar-refractivity contribution in [1.82, 2.24) is 0 Å². The number of hydrogen-bond donors (Lipinski definition) is 1. The topological polar surface area (TPSA) is 24.4 Å². The van der Waals surface area contributed by atoms with Crippen LogP contribution in [-0.4, -0.2) is 17.0 Å². The van der Waals surface area contributed by atoms with Gasteiger partial charge in [-0.15, -0.1) is 0 Å². The zero-order chi connectivity index (χ0) is 12.4. The van der Waals surface area contributed by atoms with Gasteiger partial charge in [-0.3, -0.25) is 4.99 Å². The van der Waals surface area contributed by atoms with Crippen LogP contribution in [0, 0.1) is 18.7 Å². The molecule has 0 radical (unpaired) electrons. The molecule has 0 aromatic heterocycles. The minimum atomic E-state index is -0.200. The van der Waals surface area contributed by atoms with Crippen molar-refractivity contribution in [3.05, 3.63) is 29.6 Å². The van der Waals surface area contributed by atoms with Crippen LogP contribution < -0.4 is 5.32 Å². The fraction of sp³-hybridized carbons (Fsp3) is 0.462. The Morgan fingerprint density at radius 1 is 1.47 bits per heavy atom. The molecule has 0 amide bonds. The molecule has 0 saturated carbocycles. The molecule has 1 atom stereocenters. The number of anilines is 1. The van der Waals surface area contributed by atoms with E-state index in [-0.39, 0.29) is 5.82 Å². The van der Waals surface area contributed by atoms with Gasteiger partial charge in [0.25, 0.3) is 0 Å². The van der Waals surface area contributed by atoms with Crippen molar-refractivity contribution < 1.29 is 4.39 Å². The fourth-order valence-electron chi connectivity index (χ4n) is 1.69. The monoisotopic (exact) mass is 252 g/mol. The van der Waals surface area contributed by atoms with Crippen molar-refractivity contribution in [2.24, 2.45) is 10.9 Å². The molecule has 2 rings (SSSR count). The summed E-state index contributed by atoms with van der Waals surface area (Å²) in [4.78, 5) is 4.47. The normalized spacial score (nSPS) is 19.6. The number of benzene rings is 1. The Kier molecular flexibility index (Phi) is 3.72. The van der Waals surface area contributed by atoms with Crippen molar-refractivity contribution in [3.63, 3.8) is 0 Å². The third kappa shape index (κ3) is 3.00. The first-order chi connectivity index (χ1) is 8.06. The lowest BCUT2D eigenvalue weighted by Gasteiger charge is -2.13. The lowest BCUT2D eigenvalue weighted by Crippen LogP contribution is -2.13. The Morgan fingerprint density at radius 3 is 2.82 bits per heavy atom. The van der Waals surface area contributed by atoms with E-state index in [2.05, 4.69) is 24.2 Å². The number of halogens is 1. The van der Waals surface area contributed by atoms with Crippen LogP contribution in [0.25, 0.3) is 0 Å². The molecule has 1 heterocycles. The molecule has 4 heteroatoms. The Balaban J connectivity index is 2.03. The van der Waals surface area contributed by atoms with Crippen molar-refractivity contribution in [1.29, 1.82) is 0 Å². The second kappa shape index (κ2) is 5.08. The third-order valence-corrected chi connectivity index (χ3v) is 4.30. The predicted octanol–water partition coefficient (Wildman–Crippen LogP) is 3.67. The van der Waals surface area contributed by atoms with E-state index in [0.717, 1.165) is 23.0 Å². The van der Waals surface area contributed by atoms with E-state index < -0.39 is 0 Å². The van der Waals surface area contributed by atoms with Crippen LogP contribution in [-0.2, 0) is 0 Å². The summed E-state index contributed by atoms with van der Waals surface area (Å²) in [5.41, 5.74) is 1.84. The van der Waals surface area contributed by atoms with Gasteiger partial charge in [0.15, 0.2) is 5.17 Å². The van der Waals surface area contributed by atoms with E-state index in [1.54, 1.807) is 17.8 Å². The molecule has 0 fully saturated rings. The van der Waals surface area contributed by atoms with Gasteiger partial charge in [-0.25, -0.2) is 4.39 Å². The molecule has 1 aliphatic rings.